The molecule has 80 valence electrons. The molecule has 1 aromatic rings. The number of benzene rings is 1. The van der Waals surface area contributed by atoms with Gasteiger partial charge in [-0.05, 0) is 5.56 Å². The lowest BCUT2D eigenvalue weighted by molar-refractivity contribution is -0.263. The number of hydrogen-bond donors (Lipinski definition) is 1. The molecule has 0 aromatic heterocycles. The van der Waals surface area contributed by atoms with Gasteiger partial charge in [-0.25, -0.2) is 19.4 Å². The molecule has 0 bridgehead atoms. The molecular weight excluding hydrogens is 200 g/mol. The van der Waals surface area contributed by atoms with E-state index in [-0.39, 0.29) is 0 Å². The molecule has 1 atom stereocenters. The fourth-order valence-electron chi connectivity index (χ4n) is 0.917. The molecule has 0 heterocycles. The lowest BCUT2D eigenvalue weighted by Crippen LogP contribution is -2.17. The first-order chi connectivity index (χ1) is 7.11. The third-order valence-corrected chi connectivity index (χ3v) is 1.58. The van der Waals surface area contributed by atoms with Crippen LogP contribution in [0.15, 0.2) is 30.3 Å². The fourth-order valence-corrected chi connectivity index (χ4v) is 0.917. The number of hydrogen-bond acceptors (Lipinski definition) is 5. The van der Waals surface area contributed by atoms with Crippen molar-refractivity contribution in [3.8, 4) is 0 Å². The van der Waals surface area contributed by atoms with Crippen molar-refractivity contribution >= 4 is 11.9 Å². The first-order valence-corrected chi connectivity index (χ1v) is 4.23. The Kier molecular flexibility index (Phi) is 3.82. The van der Waals surface area contributed by atoms with E-state index in [1.807, 2.05) is 0 Å². The molecule has 0 radical (unpaired) electrons. The van der Waals surface area contributed by atoms with E-state index in [0.29, 0.717) is 5.56 Å². The van der Waals surface area contributed by atoms with Crippen LogP contribution in [-0.4, -0.2) is 17.0 Å². The highest BCUT2D eigenvalue weighted by molar-refractivity contribution is 5.76. The zero-order valence-electron chi connectivity index (χ0n) is 8.04. The van der Waals surface area contributed by atoms with Gasteiger partial charge in [0.2, 0.25) is 0 Å². The first kappa shape index (κ1) is 11.2. The van der Waals surface area contributed by atoms with Crippen molar-refractivity contribution in [2.45, 2.75) is 13.0 Å². The Labute approximate surface area is 86.2 Å². The third-order valence-electron chi connectivity index (χ3n) is 1.58. The minimum absolute atomic E-state index is 0.370. The van der Waals surface area contributed by atoms with Gasteiger partial charge >= 0.3 is 11.9 Å². The van der Waals surface area contributed by atoms with E-state index < -0.39 is 18.0 Å². The van der Waals surface area contributed by atoms with Gasteiger partial charge in [0.25, 0.3) is 0 Å². The zero-order chi connectivity index (χ0) is 11.3. The van der Waals surface area contributed by atoms with E-state index in [1.54, 1.807) is 30.3 Å². The van der Waals surface area contributed by atoms with Crippen LogP contribution in [0.2, 0.25) is 0 Å². The van der Waals surface area contributed by atoms with Gasteiger partial charge in [-0.15, -0.1) is 0 Å². The molecule has 1 N–H and O–H groups in total. The Balaban J connectivity index is 2.57. The molecule has 0 saturated heterocycles. The summed E-state index contributed by atoms with van der Waals surface area (Å²) in [5, 5.41) is 9.44. The minimum atomic E-state index is -1.45. The highest BCUT2D eigenvalue weighted by Gasteiger charge is 2.20. The van der Waals surface area contributed by atoms with Crippen LogP contribution >= 0.6 is 0 Å². The molecule has 1 aromatic carbocycles. The van der Waals surface area contributed by atoms with Gasteiger partial charge in [-0.1, -0.05) is 30.3 Å². The molecular formula is C10H10O5. The maximum atomic E-state index is 11.1. The smallest absolute Gasteiger partial charge is 0.377 e. The quantitative estimate of drug-likeness (QED) is 0.575. The van der Waals surface area contributed by atoms with Crippen LogP contribution in [0.1, 0.15) is 18.6 Å². The van der Waals surface area contributed by atoms with E-state index in [4.69, 9.17) is 0 Å². The predicted molar refractivity (Wildman–Crippen MR) is 49.3 cm³/mol. The number of carbonyl (C=O) groups excluding carboxylic acids is 2. The lowest BCUT2D eigenvalue weighted by Gasteiger charge is -2.07. The average molecular weight is 210 g/mol. The average Bonchev–Trinajstić information content (AvgIpc) is 2.26. The van der Waals surface area contributed by atoms with Crippen LogP contribution in [0.4, 0.5) is 0 Å². The SMILES string of the molecule is CC(=O)OOC(=O)[C@H](O)c1ccccc1. The van der Waals surface area contributed by atoms with Crippen LogP contribution in [0, 0.1) is 0 Å². The standard InChI is InChI=1S/C10H10O5/c1-7(11)14-15-10(13)9(12)8-5-3-2-4-6-8/h2-6,9,12H,1H3/t9-/m1/s1. The van der Waals surface area contributed by atoms with Crippen molar-refractivity contribution < 1.29 is 24.5 Å². The van der Waals surface area contributed by atoms with Gasteiger partial charge in [0, 0.05) is 6.92 Å². The Bertz CT molecular complexity index is 346. The molecule has 0 saturated carbocycles. The zero-order valence-corrected chi connectivity index (χ0v) is 8.04. The van der Waals surface area contributed by atoms with Crippen LogP contribution < -0.4 is 0 Å². The van der Waals surface area contributed by atoms with Gasteiger partial charge in [0.15, 0.2) is 6.10 Å². The Morgan fingerprint density at radius 3 is 2.33 bits per heavy atom. The number of aliphatic hydroxyl groups excluding tert-OH is 1. The topological polar surface area (TPSA) is 72.8 Å². The summed E-state index contributed by atoms with van der Waals surface area (Å²) in [7, 11) is 0. The monoisotopic (exact) mass is 210 g/mol. The van der Waals surface area contributed by atoms with Crippen LogP contribution in [0.5, 0.6) is 0 Å². The minimum Gasteiger partial charge on any atom is -0.377 e. The van der Waals surface area contributed by atoms with Crippen LogP contribution in [0.25, 0.3) is 0 Å². The van der Waals surface area contributed by atoms with Gasteiger partial charge in [-0.2, -0.15) is 0 Å². The van der Waals surface area contributed by atoms with Gasteiger partial charge < -0.3 is 5.11 Å². The van der Waals surface area contributed by atoms with Gasteiger partial charge in [0.05, 0.1) is 0 Å². The van der Waals surface area contributed by atoms with E-state index >= 15 is 0 Å². The van der Waals surface area contributed by atoms with Crippen molar-refractivity contribution in [1.29, 1.82) is 0 Å². The summed E-state index contributed by atoms with van der Waals surface area (Å²) in [5.74, 6) is -1.79. The number of aliphatic hydroxyl groups is 1. The van der Waals surface area contributed by atoms with Gasteiger partial charge in [-0.3, -0.25) is 0 Å². The lowest BCUT2D eigenvalue weighted by atomic mass is 10.1. The van der Waals surface area contributed by atoms with Crippen molar-refractivity contribution in [1.82, 2.24) is 0 Å². The Hall–Kier alpha value is -1.88. The van der Waals surface area contributed by atoms with Crippen molar-refractivity contribution in [3.63, 3.8) is 0 Å². The van der Waals surface area contributed by atoms with Crippen LogP contribution in [0.3, 0.4) is 0 Å². The molecule has 5 nitrogen and oxygen atoms in total. The highest BCUT2D eigenvalue weighted by atomic mass is 17.2. The largest absolute Gasteiger partial charge is 0.388 e. The molecule has 0 aliphatic heterocycles. The summed E-state index contributed by atoms with van der Waals surface area (Å²) >= 11 is 0. The van der Waals surface area contributed by atoms with E-state index in [1.165, 1.54) is 0 Å². The normalized spacial score (nSPS) is 11.6. The molecule has 0 spiro atoms. The summed E-state index contributed by atoms with van der Waals surface area (Å²) in [5.41, 5.74) is 0.370. The molecule has 5 heteroatoms. The predicted octanol–water partition coefficient (Wildman–Crippen LogP) is 0.741. The molecule has 0 unspecified atom stereocenters. The Morgan fingerprint density at radius 2 is 1.80 bits per heavy atom. The second-order valence-electron chi connectivity index (χ2n) is 2.79. The molecule has 1 rings (SSSR count). The molecule has 15 heavy (non-hydrogen) atoms. The summed E-state index contributed by atoms with van der Waals surface area (Å²) in [6.07, 6.45) is -1.45. The summed E-state index contributed by atoms with van der Waals surface area (Å²) in [6, 6.07) is 8.18. The Morgan fingerprint density at radius 1 is 1.20 bits per heavy atom. The molecule has 0 aliphatic rings. The maximum absolute atomic E-state index is 11.1. The molecule has 0 fully saturated rings. The number of rotatable bonds is 2. The first-order valence-electron chi connectivity index (χ1n) is 4.23. The van der Waals surface area contributed by atoms with Crippen molar-refractivity contribution in [3.05, 3.63) is 35.9 Å². The second-order valence-corrected chi connectivity index (χ2v) is 2.79. The van der Waals surface area contributed by atoms with E-state index in [0.717, 1.165) is 6.92 Å². The van der Waals surface area contributed by atoms with Crippen molar-refractivity contribution in [2.75, 3.05) is 0 Å². The summed E-state index contributed by atoms with van der Waals surface area (Å²) < 4.78 is 0. The van der Waals surface area contributed by atoms with Gasteiger partial charge in [0.1, 0.15) is 0 Å². The molecule has 0 amide bonds. The van der Waals surface area contributed by atoms with Crippen LogP contribution in [-0.2, 0) is 19.4 Å². The number of carbonyl (C=O) groups is 2. The summed E-state index contributed by atoms with van der Waals surface area (Å²) in [4.78, 5) is 29.5. The highest BCUT2D eigenvalue weighted by Crippen LogP contribution is 2.13. The second kappa shape index (κ2) is 5.11. The summed E-state index contributed by atoms with van der Waals surface area (Å²) in [6.45, 7) is 1.09. The third kappa shape index (κ3) is 3.40. The fraction of sp³-hybridized carbons (Fsp3) is 0.200. The molecule has 0 aliphatic carbocycles. The van der Waals surface area contributed by atoms with E-state index in [2.05, 4.69) is 9.78 Å². The maximum Gasteiger partial charge on any atom is 0.388 e. The van der Waals surface area contributed by atoms with E-state index in [9.17, 15) is 14.7 Å². The van der Waals surface area contributed by atoms with Crippen molar-refractivity contribution in [2.24, 2.45) is 0 Å².